The van der Waals surface area contributed by atoms with Crippen LogP contribution in [0.2, 0.25) is 5.02 Å². The lowest BCUT2D eigenvalue weighted by Crippen LogP contribution is -2.65. The monoisotopic (exact) mass is 308 g/mol. The van der Waals surface area contributed by atoms with E-state index in [1.807, 2.05) is 33.8 Å². The van der Waals surface area contributed by atoms with Crippen LogP contribution in [0.3, 0.4) is 0 Å². The number of benzene rings is 1. The topological polar surface area (TPSA) is 49.4 Å². The van der Waals surface area contributed by atoms with Gasteiger partial charge in [-0.05, 0) is 37.0 Å². The Bertz CT molecular complexity index is 571. The Labute approximate surface area is 130 Å². The fourth-order valence-corrected chi connectivity index (χ4v) is 2.85. The largest absolute Gasteiger partial charge is 0.342 e. The highest BCUT2D eigenvalue weighted by atomic mass is 35.5. The maximum Gasteiger partial charge on any atom is 0.250 e. The number of nitrogens with zero attached hydrogens (tertiary/aromatic N) is 1. The molecule has 1 aromatic carbocycles. The van der Waals surface area contributed by atoms with Gasteiger partial charge in [0.15, 0.2) is 0 Å². The predicted molar refractivity (Wildman–Crippen MR) is 84.5 cm³/mol. The highest BCUT2D eigenvalue weighted by Crippen LogP contribution is 2.30. The van der Waals surface area contributed by atoms with Crippen LogP contribution in [-0.2, 0) is 9.59 Å². The molecule has 114 valence electrons. The minimum Gasteiger partial charge on any atom is -0.342 e. The van der Waals surface area contributed by atoms with Crippen LogP contribution in [0.15, 0.2) is 18.2 Å². The smallest absolute Gasteiger partial charge is 0.250 e. The number of hydrogen-bond donors (Lipinski definition) is 1. The van der Waals surface area contributed by atoms with Gasteiger partial charge in [0.1, 0.15) is 12.1 Å². The molecule has 2 rings (SSSR count). The summed E-state index contributed by atoms with van der Waals surface area (Å²) >= 11 is 6.07. The van der Waals surface area contributed by atoms with E-state index in [-0.39, 0.29) is 17.7 Å². The number of amides is 2. The number of halogens is 1. The van der Waals surface area contributed by atoms with Crippen LogP contribution in [0.4, 0.5) is 5.69 Å². The molecule has 1 heterocycles. The van der Waals surface area contributed by atoms with E-state index < -0.39 is 12.1 Å². The van der Waals surface area contributed by atoms with Crippen LogP contribution in [0.5, 0.6) is 0 Å². The van der Waals surface area contributed by atoms with Gasteiger partial charge in [-0.3, -0.25) is 14.5 Å². The number of hydrogen-bond acceptors (Lipinski definition) is 2. The van der Waals surface area contributed by atoms with Gasteiger partial charge in [-0.2, -0.15) is 0 Å². The number of aryl methyl sites for hydroxylation is 1. The molecule has 0 bridgehead atoms. The summed E-state index contributed by atoms with van der Waals surface area (Å²) in [5.74, 6) is -0.127. The summed E-state index contributed by atoms with van der Waals surface area (Å²) < 4.78 is 0. The highest BCUT2D eigenvalue weighted by molar-refractivity contribution is 6.31. The zero-order chi connectivity index (χ0) is 15.7. The van der Waals surface area contributed by atoms with E-state index in [2.05, 4.69) is 5.32 Å². The minimum absolute atomic E-state index is 0.0428. The maximum absolute atomic E-state index is 12.8. The molecular formula is C16H21ClN2O2. The average molecular weight is 309 g/mol. The van der Waals surface area contributed by atoms with Crippen molar-refractivity contribution in [3.05, 3.63) is 28.8 Å². The summed E-state index contributed by atoms with van der Waals surface area (Å²) in [6.45, 7) is 7.68. The molecule has 1 aliphatic heterocycles. The van der Waals surface area contributed by atoms with Gasteiger partial charge in [-0.1, -0.05) is 38.4 Å². The first-order chi connectivity index (χ1) is 9.86. The summed E-state index contributed by atoms with van der Waals surface area (Å²) in [5, 5.41) is 3.40. The quantitative estimate of drug-likeness (QED) is 0.933. The van der Waals surface area contributed by atoms with E-state index in [1.165, 1.54) is 0 Å². The molecule has 0 aromatic heterocycles. The van der Waals surface area contributed by atoms with Crippen molar-refractivity contribution >= 4 is 29.1 Å². The third-order valence-corrected chi connectivity index (χ3v) is 4.13. The lowest BCUT2D eigenvalue weighted by molar-refractivity contribution is -0.134. The van der Waals surface area contributed by atoms with Gasteiger partial charge in [0, 0.05) is 10.7 Å². The number of piperazine rings is 1. The predicted octanol–water partition coefficient (Wildman–Crippen LogP) is 2.91. The van der Waals surface area contributed by atoms with E-state index >= 15 is 0 Å². The fourth-order valence-electron chi connectivity index (χ4n) is 2.68. The number of rotatable bonds is 3. The SMILES string of the molecule is CCC1C(=O)NC(C(C)C)C(=O)N1c1cc(Cl)ccc1C. The van der Waals surface area contributed by atoms with E-state index in [0.29, 0.717) is 11.4 Å². The van der Waals surface area contributed by atoms with Gasteiger partial charge in [-0.25, -0.2) is 0 Å². The number of carbonyl (C=O) groups excluding carboxylic acids is 2. The molecule has 1 aliphatic rings. The van der Waals surface area contributed by atoms with Gasteiger partial charge in [0.2, 0.25) is 5.91 Å². The third-order valence-electron chi connectivity index (χ3n) is 3.90. The van der Waals surface area contributed by atoms with Crippen LogP contribution in [0, 0.1) is 12.8 Å². The van der Waals surface area contributed by atoms with Crippen molar-refractivity contribution in [3.63, 3.8) is 0 Å². The van der Waals surface area contributed by atoms with Crippen molar-refractivity contribution in [2.24, 2.45) is 5.92 Å². The average Bonchev–Trinajstić information content (AvgIpc) is 2.43. The molecule has 21 heavy (non-hydrogen) atoms. The molecule has 2 unspecified atom stereocenters. The Kier molecular flexibility index (Phi) is 4.57. The second-order valence-electron chi connectivity index (χ2n) is 5.79. The van der Waals surface area contributed by atoms with Gasteiger partial charge in [-0.15, -0.1) is 0 Å². The van der Waals surface area contributed by atoms with Gasteiger partial charge < -0.3 is 5.32 Å². The first kappa shape index (κ1) is 15.8. The van der Waals surface area contributed by atoms with Gasteiger partial charge in [0.05, 0.1) is 0 Å². The lowest BCUT2D eigenvalue weighted by Gasteiger charge is -2.40. The molecule has 1 saturated heterocycles. The van der Waals surface area contributed by atoms with Crippen molar-refractivity contribution in [3.8, 4) is 0 Å². The van der Waals surface area contributed by atoms with Crippen LogP contribution in [0.25, 0.3) is 0 Å². The second-order valence-corrected chi connectivity index (χ2v) is 6.23. The molecule has 1 fully saturated rings. The zero-order valence-corrected chi connectivity index (χ0v) is 13.6. The molecule has 5 heteroatoms. The van der Waals surface area contributed by atoms with Crippen LogP contribution in [-0.4, -0.2) is 23.9 Å². The maximum atomic E-state index is 12.8. The molecule has 0 aliphatic carbocycles. The summed E-state index contributed by atoms with van der Waals surface area (Å²) in [4.78, 5) is 26.8. The van der Waals surface area contributed by atoms with Crippen molar-refractivity contribution in [1.82, 2.24) is 5.32 Å². The van der Waals surface area contributed by atoms with E-state index in [9.17, 15) is 9.59 Å². The van der Waals surface area contributed by atoms with Crippen molar-refractivity contribution in [2.45, 2.75) is 46.2 Å². The summed E-state index contributed by atoms with van der Waals surface area (Å²) in [6, 6.07) is 4.45. The highest BCUT2D eigenvalue weighted by Gasteiger charge is 2.42. The van der Waals surface area contributed by atoms with Gasteiger partial charge >= 0.3 is 0 Å². The van der Waals surface area contributed by atoms with Crippen molar-refractivity contribution in [1.29, 1.82) is 0 Å². The standard InChI is InChI=1S/C16H21ClN2O2/c1-5-12-15(20)18-14(9(2)3)16(21)19(12)13-8-11(17)7-6-10(13)4/h6-9,12,14H,5H2,1-4H3,(H,18,20). The van der Waals surface area contributed by atoms with Crippen LogP contribution >= 0.6 is 11.6 Å². The third kappa shape index (κ3) is 2.91. The lowest BCUT2D eigenvalue weighted by atomic mass is 9.95. The summed E-state index contributed by atoms with van der Waals surface area (Å²) in [6.07, 6.45) is 0.564. The minimum atomic E-state index is -0.487. The number of nitrogens with one attached hydrogen (secondary N) is 1. The molecule has 2 amide bonds. The molecule has 0 spiro atoms. The van der Waals surface area contributed by atoms with Crippen molar-refractivity contribution in [2.75, 3.05) is 4.90 Å². The van der Waals surface area contributed by atoms with E-state index in [0.717, 1.165) is 11.3 Å². The van der Waals surface area contributed by atoms with Crippen molar-refractivity contribution < 1.29 is 9.59 Å². The molecule has 0 saturated carbocycles. The zero-order valence-electron chi connectivity index (χ0n) is 12.8. The Balaban J connectivity index is 2.51. The first-order valence-electron chi connectivity index (χ1n) is 7.26. The molecular weight excluding hydrogens is 288 g/mol. The summed E-state index contributed by atoms with van der Waals surface area (Å²) in [7, 11) is 0. The van der Waals surface area contributed by atoms with E-state index in [4.69, 9.17) is 11.6 Å². The van der Waals surface area contributed by atoms with E-state index in [1.54, 1.807) is 17.0 Å². The number of anilines is 1. The molecule has 2 atom stereocenters. The fraction of sp³-hybridized carbons (Fsp3) is 0.500. The molecule has 0 radical (unpaired) electrons. The van der Waals surface area contributed by atoms with Gasteiger partial charge in [0.25, 0.3) is 5.91 Å². The second kappa shape index (κ2) is 6.06. The number of carbonyl (C=O) groups is 2. The summed E-state index contributed by atoms with van der Waals surface area (Å²) in [5.41, 5.74) is 1.66. The Morgan fingerprint density at radius 2 is 2.00 bits per heavy atom. The van der Waals surface area contributed by atoms with Crippen LogP contribution < -0.4 is 10.2 Å². The molecule has 4 nitrogen and oxygen atoms in total. The molecule has 1 aromatic rings. The normalized spacial score (nSPS) is 22.7. The first-order valence-corrected chi connectivity index (χ1v) is 7.64. The Morgan fingerprint density at radius 1 is 1.33 bits per heavy atom. The van der Waals surface area contributed by atoms with Crippen LogP contribution in [0.1, 0.15) is 32.8 Å². The Morgan fingerprint density at radius 3 is 2.57 bits per heavy atom. The molecule has 1 N–H and O–H groups in total. The Hall–Kier alpha value is -1.55.